The maximum atomic E-state index is 12.8. The van der Waals surface area contributed by atoms with Gasteiger partial charge in [-0.15, -0.1) is 0 Å². The molecule has 2 rings (SSSR count). The topological polar surface area (TPSA) is 57.6 Å². The van der Waals surface area contributed by atoms with Gasteiger partial charge in [0.25, 0.3) is 0 Å². The lowest BCUT2D eigenvalue weighted by atomic mass is 10.1. The van der Waals surface area contributed by atoms with Crippen LogP contribution < -0.4 is 0 Å². The van der Waals surface area contributed by atoms with Crippen molar-refractivity contribution in [2.24, 2.45) is 0 Å². The van der Waals surface area contributed by atoms with Crippen molar-refractivity contribution in [2.45, 2.75) is 43.5 Å². The molecular formula is C16H21NO3S. The molecule has 0 aliphatic heterocycles. The monoisotopic (exact) mass is 307 g/mol. The van der Waals surface area contributed by atoms with Crippen LogP contribution in [0.2, 0.25) is 0 Å². The van der Waals surface area contributed by atoms with Crippen LogP contribution in [0.3, 0.4) is 0 Å². The zero-order valence-corrected chi connectivity index (χ0v) is 13.3. The highest BCUT2D eigenvalue weighted by atomic mass is 32.2. The van der Waals surface area contributed by atoms with E-state index in [-0.39, 0.29) is 12.6 Å². The van der Waals surface area contributed by atoms with Crippen molar-refractivity contribution in [2.75, 3.05) is 13.7 Å². The van der Waals surface area contributed by atoms with Crippen LogP contribution in [-0.2, 0) is 10.0 Å². The zero-order valence-electron chi connectivity index (χ0n) is 12.5. The molecule has 114 valence electrons. The Labute approximate surface area is 126 Å². The van der Waals surface area contributed by atoms with E-state index in [9.17, 15) is 8.42 Å². The molecule has 0 spiro atoms. The van der Waals surface area contributed by atoms with Crippen LogP contribution in [0.25, 0.3) is 0 Å². The third kappa shape index (κ3) is 3.46. The van der Waals surface area contributed by atoms with E-state index >= 15 is 0 Å². The maximum absolute atomic E-state index is 12.8. The van der Waals surface area contributed by atoms with Gasteiger partial charge in [0.1, 0.15) is 6.61 Å². The van der Waals surface area contributed by atoms with Crippen LogP contribution in [0.4, 0.5) is 0 Å². The van der Waals surface area contributed by atoms with Crippen LogP contribution in [-0.4, -0.2) is 37.5 Å². The molecule has 4 nitrogen and oxygen atoms in total. The van der Waals surface area contributed by atoms with Gasteiger partial charge < -0.3 is 5.11 Å². The van der Waals surface area contributed by atoms with Crippen molar-refractivity contribution in [3.05, 3.63) is 29.3 Å². The molecule has 0 heterocycles. The summed E-state index contributed by atoms with van der Waals surface area (Å²) in [7, 11) is -1.83. The van der Waals surface area contributed by atoms with E-state index in [0.29, 0.717) is 10.5 Å². The standard InChI is InChI=1S/C16H21NO3S/c1-13-9-10-14(6-5-11-18)12-16(13)21(19,20)17(2)15-7-3-4-8-15/h9-10,12,15,18H,3-4,7-8,11H2,1-2H3. The van der Waals surface area contributed by atoms with Crippen LogP contribution in [0.5, 0.6) is 0 Å². The third-order valence-corrected chi connectivity index (χ3v) is 6.05. The van der Waals surface area contributed by atoms with Gasteiger partial charge in [0.05, 0.1) is 4.90 Å². The number of hydrogen-bond donors (Lipinski definition) is 1. The lowest BCUT2D eigenvalue weighted by Gasteiger charge is -2.24. The van der Waals surface area contributed by atoms with Crippen molar-refractivity contribution in [3.8, 4) is 11.8 Å². The van der Waals surface area contributed by atoms with Gasteiger partial charge in [-0.3, -0.25) is 0 Å². The van der Waals surface area contributed by atoms with Gasteiger partial charge in [0, 0.05) is 18.7 Å². The Morgan fingerprint density at radius 3 is 2.62 bits per heavy atom. The predicted molar refractivity (Wildman–Crippen MR) is 82.3 cm³/mol. The molecule has 1 fully saturated rings. The summed E-state index contributed by atoms with van der Waals surface area (Å²) in [5, 5.41) is 8.74. The van der Waals surface area contributed by atoms with Crippen molar-refractivity contribution in [1.29, 1.82) is 0 Å². The van der Waals surface area contributed by atoms with E-state index in [4.69, 9.17) is 5.11 Å². The summed E-state index contributed by atoms with van der Waals surface area (Å²) in [5.74, 6) is 5.30. The SMILES string of the molecule is Cc1ccc(C#CCO)cc1S(=O)(=O)N(C)C1CCCC1. The number of aliphatic hydroxyl groups is 1. The summed E-state index contributed by atoms with van der Waals surface area (Å²) in [5.41, 5.74) is 1.32. The number of benzene rings is 1. The van der Waals surface area contributed by atoms with Gasteiger partial charge in [-0.05, 0) is 37.5 Å². The quantitative estimate of drug-likeness (QED) is 0.868. The Kier molecular flexibility index (Phi) is 5.04. The van der Waals surface area contributed by atoms with Crippen molar-refractivity contribution >= 4 is 10.0 Å². The molecule has 0 amide bonds. The van der Waals surface area contributed by atoms with Gasteiger partial charge >= 0.3 is 0 Å². The Morgan fingerprint density at radius 2 is 2.00 bits per heavy atom. The molecule has 21 heavy (non-hydrogen) atoms. The van der Waals surface area contributed by atoms with E-state index in [2.05, 4.69) is 11.8 Å². The minimum Gasteiger partial charge on any atom is -0.384 e. The minimum atomic E-state index is -3.50. The average Bonchev–Trinajstić information content (AvgIpc) is 2.99. The van der Waals surface area contributed by atoms with E-state index < -0.39 is 10.0 Å². The largest absolute Gasteiger partial charge is 0.384 e. The fourth-order valence-electron chi connectivity index (χ4n) is 2.72. The smallest absolute Gasteiger partial charge is 0.243 e. The van der Waals surface area contributed by atoms with Crippen LogP contribution >= 0.6 is 0 Å². The summed E-state index contributed by atoms with van der Waals surface area (Å²) in [6.45, 7) is 1.55. The molecule has 0 aromatic heterocycles. The molecule has 1 aromatic rings. The molecular weight excluding hydrogens is 286 g/mol. The van der Waals surface area contributed by atoms with Crippen LogP contribution in [0.15, 0.2) is 23.1 Å². The molecule has 5 heteroatoms. The molecule has 1 aromatic carbocycles. The molecule has 1 aliphatic rings. The summed E-state index contributed by atoms with van der Waals surface area (Å²) in [4.78, 5) is 0.307. The number of rotatable bonds is 3. The first-order valence-electron chi connectivity index (χ1n) is 7.15. The molecule has 0 saturated heterocycles. The Balaban J connectivity index is 2.38. The predicted octanol–water partition coefficient (Wildman–Crippen LogP) is 1.90. The molecule has 0 atom stereocenters. The second-order valence-corrected chi connectivity index (χ2v) is 7.37. The van der Waals surface area contributed by atoms with E-state index in [0.717, 1.165) is 31.2 Å². The highest BCUT2D eigenvalue weighted by Gasteiger charge is 2.30. The van der Waals surface area contributed by atoms with Gasteiger partial charge in [0.2, 0.25) is 10.0 Å². The lowest BCUT2D eigenvalue weighted by Crippen LogP contribution is -2.35. The second kappa shape index (κ2) is 6.61. The first kappa shape index (κ1) is 16.0. The number of aryl methyl sites for hydroxylation is 1. The fourth-order valence-corrected chi connectivity index (χ4v) is 4.38. The van der Waals surface area contributed by atoms with Crippen molar-refractivity contribution in [1.82, 2.24) is 4.31 Å². The fraction of sp³-hybridized carbons (Fsp3) is 0.500. The van der Waals surface area contributed by atoms with Crippen LogP contribution in [0, 0.1) is 18.8 Å². The zero-order chi connectivity index (χ0) is 15.5. The molecule has 1 saturated carbocycles. The van der Waals surface area contributed by atoms with Gasteiger partial charge in [-0.25, -0.2) is 8.42 Å². The Hall–Kier alpha value is -1.35. The first-order valence-corrected chi connectivity index (χ1v) is 8.59. The number of nitrogens with zero attached hydrogens (tertiary/aromatic N) is 1. The normalized spacial score (nSPS) is 16.0. The second-order valence-electron chi connectivity index (χ2n) is 5.40. The van der Waals surface area contributed by atoms with Crippen LogP contribution in [0.1, 0.15) is 36.8 Å². The summed E-state index contributed by atoms with van der Waals surface area (Å²) < 4.78 is 27.1. The van der Waals surface area contributed by atoms with Gasteiger partial charge in [-0.1, -0.05) is 30.7 Å². The molecule has 0 unspecified atom stereocenters. The van der Waals surface area contributed by atoms with Gasteiger partial charge in [-0.2, -0.15) is 4.31 Å². The van der Waals surface area contributed by atoms with E-state index in [1.807, 2.05) is 0 Å². The summed E-state index contributed by atoms with van der Waals surface area (Å²) in [6.07, 6.45) is 4.04. The molecule has 0 bridgehead atoms. The Bertz CT molecular complexity index is 664. The number of hydrogen-bond acceptors (Lipinski definition) is 3. The third-order valence-electron chi connectivity index (χ3n) is 4.00. The van der Waals surface area contributed by atoms with Crippen molar-refractivity contribution in [3.63, 3.8) is 0 Å². The minimum absolute atomic E-state index is 0.0987. The van der Waals surface area contributed by atoms with E-state index in [1.54, 1.807) is 32.2 Å². The average molecular weight is 307 g/mol. The highest BCUT2D eigenvalue weighted by Crippen LogP contribution is 2.28. The summed E-state index contributed by atoms with van der Waals surface area (Å²) in [6, 6.07) is 5.23. The molecule has 1 aliphatic carbocycles. The number of sulfonamides is 1. The first-order chi connectivity index (χ1) is 9.96. The lowest BCUT2D eigenvalue weighted by molar-refractivity contribution is 0.350. The van der Waals surface area contributed by atoms with Gasteiger partial charge in [0.15, 0.2) is 0 Å². The highest BCUT2D eigenvalue weighted by molar-refractivity contribution is 7.89. The summed E-state index contributed by atoms with van der Waals surface area (Å²) >= 11 is 0. The molecule has 0 radical (unpaired) electrons. The molecule has 1 N–H and O–H groups in total. The Morgan fingerprint density at radius 1 is 1.33 bits per heavy atom. The number of aliphatic hydroxyl groups excluding tert-OH is 1. The van der Waals surface area contributed by atoms with Crippen molar-refractivity contribution < 1.29 is 13.5 Å². The van der Waals surface area contributed by atoms with E-state index in [1.165, 1.54) is 4.31 Å². The maximum Gasteiger partial charge on any atom is 0.243 e.